The van der Waals surface area contributed by atoms with Gasteiger partial charge < -0.3 is 19.1 Å². The highest BCUT2D eigenvalue weighted by Crippen LogP contribution is 2.13. The summed E-state index contributed by atoms with van der Waals surface area (Å²) in [6.07, 6.45) is 0. The minimum Gasteiger partial charge on any atom is -0.497 e. The van der Waals surface area contributed by atoms with E-state index in [-0.39, 0.29) is 11.9 Å². The van der Waals surface area contributed by atoms with Crippen molar-refractivity contribution in [3.8, 4) is 5.75 Å². The SMILES string of the molecule is CCOCCOC(=NC(=O)c1cccc(OC)c1)N(C)CC. The van der Waals surface area contributed by atoms with E-state index >= 15 is 0 Å². The molecule has 0 N–H and O–H groups in total. The van der Waals surface area contributed by atoms with Crippen LogP contribution in [0.15, 0.2) is 29.3 Å². The molecule has 1 aromatic carbocycles. The minimum atomic E-state index is -0.370. The second-order valence-corrected chi connectivity index (χ2v) is 4.49. The van der Waals surface area contributed by atoms with E-state index in [1.54, 1.807) is 36.3 Å². The molecule has 0 fully saturated rings. The van der Waals surface area contributed by atoms with Crippen molar-refractivity contribution in [1.82, 2.24) is 4.90 Å². The maximum absolute atomic E-state index is 12.3. The molecule has 1 rings (SSSR count). The fourth-order valence-corrected chi connectivity index (χ4v) is 1.61. The minimum absolute atomic E-state index is 0.287. The first-order valence-corrected chi connectivity index (χ1v) is 7.31. The molecule has 6 nitrogen and oxygen atoms in total. The molecule has 0 bridgehead atoms. The van der Waals surface area contributed by atoms with Crippen molar-refractivity contribution in [3.63, 3.8) is 0 Å². The number of nitrogens with zero attached hydrogens (tertiary/aromatic N) is 2. The average molecular weight is 308 g/mol. The van der Waals surface area contributed by atoms with Crippen molar-refractivity contribution in [1.29, 1.82) is 0 Å². The quantitative estimate of drug-likeness (QED) is 0.439. The van der Waals surface area contributed by atoms with Gasteiger partial charge in [0.25, 0.3) is 11.9 Å². The Morgan fingerprint density at radius 3 is 2.68 bits per heavy atom. The lowest BCUT2D eigenvalue weighted by molar-refractivity contribution is 0.0933. The predicted octanol–water partition coefficient (Wildman–Crippen LogP) is 2.20. The Labute approximate surface area is 131 Å². The summed E-state index contributed by atoms with van der Waals surface area (Å²) in [5.41, 5.74) is 0.453. The Hall–Kier alpha value is -2.08. The summed E-state index contributed by atoms with van der Waals surface area (Å²) in [6.45, 7) is 5.99. The van der Waals surface area contributed by atoms with Crippen LogP contribution in [0, 0.1) is 0 Å². The molecule has 1 amide bonds. The lowest BCUT2D eigenvalue weighted by Gasteiger charge is -2.19. The lowest BCUT2D eigenvalue weighted by Crippen LogP contribution is -2.31. The summed E-state index contributed by atoms with van der Waals surface area (Å²) >= 11 is 0. The van der Waals surface area contributed by atoms with Gasteiger partial charge in [-0.15, -0.1) is 0 Å². The van der Waals surface area contributed by atoms with Gasteiger partial charge in [0.05, 0.1) is 13.7 Å². The number of carbonyl (C=O) groups is 1. The van der Waals surface area contributed by atoms with Crippen LogP contribution in [0.5, 0.6) is 5.75 Å². The van der Waals surface area contributed by atoms with Crippen LogP contribution >= 0.6 is 0 Å². The third-order valence-corrected chi connectivity index (χ3v) is 2.98. The van der Waals surface area contributed by atoms with Crippen molar-refractivity contribution in [3.05, 3.63) is 29.8 Å². The van der Waals surface area contributed by atoms with E-state index in [1.807, 2.05) is 20.9 Å². The van der Waals surface area contributed by atoms with E-state index in [2.05, 4.69) is 4.99 Å². The maximum Gasteiger partial charge on any atom is 0.295 e. The normalized spacial score (nSPS) is 11.2. The van der Waals surface area contributed by atoms with E-state index in [1.165, 1.54) is 0 Å². The molecular formula is C16H24N2O4. The van der Waals surface area contributed by atoms with Crippen molar-refractivity contribution in [2.45, 2.75) is 13.8 Å². The molecule has 0 aromatic heterocycles. The predicted molar refractivity (Wildman–Crippen MR) is 85.5 cm³/mol. The molecule has 1 aromatic rings. The van der Waals surface area contributed by atoms with Gasteiger partial charge in [0.15, 0.2) is 0 Å². The van der Waals surface area contributed by atoms with Crippen molar-refractivity contribution in [2.75, 3.05) is 40.5 Å². The third-order valence-electron chi connectivity index (χ3n) is 2.98. The topological polar surface area (TPSA) is 60.4 Å². The molecule has 0 saturated carbocycles. The fourth-order valence-electron chi connectivity index (χ4n) is 1.61. The number of carbonyl (C=O) groups excluding carboxylic acids is 1. The molecular weight excluding hydrogens is 284 g/mol. The van der Waals surface area contributed by atoms with Crippen LogP contribution in [0.4, 0.5) is 0 Å². The van der Waals surface area contributed by atoms with Crippen molar-refractivity contribution >= 4 is 11.9 Å². The molecule has 122 valence electrons. The van der Waals surface area contributed by atoms with Gasteiger partial charge in [0.1, 0.15) is 12.4 Å². The van der Waals surface area contributed by atoms with Gasteiger partial charge in [-0.3, -0.25) is 4.79 Å². The Balaban J connectivity index is 2.82. The van der Waals surface area contributed by atoms with Crippen molar-refractivity contribution in [2.24, 2.45) is 4.99 Å². The Morgan fingerprint density at radius 2 is 2.05 bits per heavy atom. The summed E-state index contributed by atoms with van der Waals surface area (Å²) in [5, 5.41) is 0. The zero-order chi connectivity index (χ0) is 16.4. The van der Waals surface area contributed by atoms with Gasteiger partial charge in [0.2, 0.25) is 0 Å². The molecule has 0 aliphatic carbocycles. The zero-order valence-electron chi connectivity index (χ0n) is 13.7. The summed E-state index contributed by atoms with van der Waals surface area (Å²) in [7, 11) is 3.37. The van der Waals surface area contributed by atoms with E-state index in [4.69, 9.17) is 14.2 Å². The number of ether oxygens (including phenoxy) is 3. The fraction of sp³-hybridized carbons (Fsp3) is 0.500. The highest BCUT2D eigenvalue weighted by molar-refractivity contribution is 6.01. The number of amidine groups is 1. The van der Waals surface area contributed by atoms with Crippen LogP contribution in [0.1, 0.15) is 24.2 Å². The third kappa shape index (κ3) is 5.73. The Kier molecular flexibility index (Phi) is 7.99. The van der Waals surface area contributed by atoms with E-state index < -0.39 is 0 Å². The monoisotopic (exact) mass is 308 g/mol. The maximum atomic E-state index is 12.3. The van der Waals surface area contributed by atoms with Crippen LogP contribution in [0.3, 0.4) is 0 Å². The summed E-state index contributed by atoms with van der Waals surface area (Å²) in [5.74, 6) is 0.245. The largest absolute Gasteiger partial charge is 0.497 e. The molecule has 22 heavy (non-hydrogen) atoms. The molecule has 0 atom stereocenters. The summed E-state index contributed by atoms with van der Waals surface area (Å²) in [4.78, 5) is 18.1. The molecule has 0 aliphatic heterocycles. The molecule has 0 radical (unpaired) electrons. The molecule has 0 unspecified atom stereocenters. The van der Waals surface area contributed by atoms with Gasteiger partial charge in [-0.2, -0.15) is 4.99 Å². The highest BCUT2D eigenvalue weighted by atomic mass is 16.5. The smallest absolute Gasteiger partial charge is 0.295 e. The van der Waals surface area contributed by atoms with E-state index in [9.17, 15) is 4.79 Å². The van der Waals surface area contributed by atoms with Gasteiger partial charge in [0, 0.05) is 25.8 Å². The summed E-state index contributed by atoms with van der Waals surface area (Å²) in [6, 6.07) is 7.15. The van der Waals surface area contributed by atoms with Crippen LogP contribution in [0.25, 0.3) is 0 Å². The molecule has 0 aliphatic rings. The number of benzene rings is 1. The number of hydrogen-bond acceptors (Lipinski definition) is 4. The first kappa shape index (κ1) is 18.0. The highest BCUT2D eigenvalue weighted by Gasteiger charge is 2.12. The van der Waals surface area contributed by atoms with Gasteiger partial charge >= 0.3 is 0 Å². The molecule has 6 heteroatoms. The number of rotatable bonds is 7. The Bertz CT molecular complexity index is 503. The van der Waals surface area contributed by atoms with Crippen molar-refractivity contribution < 1.29 is 19.0 Å². The van der Waals surface area contributed by atoms with Gasteiger partial charge in [-0.05, 0) is 32.0 Å². The second-order valence-electron chi connectivity index (χ2n) is 4.49. The van der Waals surface area contributed by atoms with E-state index in [0.29, 0.717) is 37.7 Å². The first-order chi connectivity index (χ1) is 10.6. The molecule has 0 heterocycles. The number of methoxy groups -OCH3 is 1. The number of amides is 1. The molecule has 0 saturated heterocycles. The standard InChI is InChI=1S/C16H24N2O4/c1-5-18(3)16(22-11-10-21-6-2)17-15(19)13-8-7-9-14(12-13)20-4/h7-9,12H,5-6,10-11H2,1-4H3. The zero-order valence-corrected chi connectivity index (χ0v) is 13.7. The second kappa shape index (κ2) is 9.78. The molecule has 0 spiro atoms. The average Bonchev–Trinajstić information content (AvgIpc) is 2.56. The Morgan fingerprint density at radius 1 is 1.27 bits per heavy atom. The lowest BCUT2D eigenvalue weighted by atomic mass is 10.2. The van der Waals surface area contributed by atoms with Crippen LogP contribution in [-0.4, -0.2) is 57.4 Å². The van der Waals surface area contributed by atoms with Crippen LogP contribution in [0.2, 0.25) is 0 Å². The van der Waals surface area contributed by atoms with Crippen LogP contribution in [-0.2, 0) is 9.47 Å². The number of aliphatic imine (C=N–C) groups is 1. The van der Waals surface area contributed by atoms with Crippen LogP contribution < -0.4 is 4.74 Å². The van der Waals surface area contributed by atoms with E-state index in [0.717, 1.165) is 0 Å². The van der Waals surface area contributed by atoms with Gasteiger partial charge in [-0.25, -0.2) is 0 Å². The van der Waals surface area contributed by atoms with Gasteiger partial charge in [-0.1, -0.05) is 6.07 Å². The first-order valence-electron chi connectivity index (χ1n) is 7.31. The summed E-state index contributed by atoms with van der Waals surface area (Å²) < 4.78 is 15.9. The number of hydrogen-bond donors (Lipinski definition) is 0.